The van der Waals surface area contributed by atoms with Crippen LogP contribution in [0.15, 0.2) is 0 Å². The lowest BCUT2D eigenvalue weighted by Crippen LogP contribution is -2.43. The van der Waals surface area contributed by atoms with Gasteiger partial charge in [0.2, 0.25) is 0 Å². The van der Waals surface area contributed by atoms with Gasteiger partial charge in [0.15, 0.2) is 6.29 Å². The van der Waals surface area contributed by atoms with Gasteiger partial charge in [-0.25, -0.2) is 0 Å². The summed E-state index contributed by atoms with van der Waals surface area (Å²) in [5.74, 6) is -2.62. The molecule has 0 aliphatic rings. The molecule has 0 amide bonds. The molecule has 0 unspecified atom stereocenters. The Labute approximate surface area is 102 Å². The summed E-state index contributed by atoms with van der Waals surface area (Å²) in [6.07, 6.45) is -6.68. The zero-order valence-electron chi connectivity index (χ0n) is 9.50. The molecule has 0 rings (SSSR count). The van der Waals surface area contributed by atoms with Crippen molar-refractivity contribution in [2.45, 2.75) is 37.8 Å². The number of carbonyl (C=O) groups excluding carboxylic acids is 1. The Bertz CT molecular complexity index is 263. The fourth-order valence-corrected chi connectivity index (χ4v) is 0.697. The lowest BCUT2D eigenvalue weighted by atomic mass is 10.1. The van der Waals surface area contributed by atoms with Gasteiger partial charge in [-0.15, -0.1) is 0 Å². The van der Waals surface area contributed by atoms with E-state index in [9.17, 15) is 14.4 Å². The highest BCUT2D eigenvalue weighted by Crippen LogP contribution is 2.02. The van der Waals surface area contributed by atoms with Crippen LogP contribution in [0.3, 0.4) is 0 Å². The van der Waals surface area contributed by atoms with Crippen molar-refractivity contribution in [3.63, 3.8) is 0 Å². The summed E-state index contributed by atoms with van der Waals surface area (Å²) in [6, 6.07) is 0. The summed E-state index contributed by atoms with van der Waals surface area (Å²) in [7, 11) is 0. The molecule has 0 heterocycles. The van der Waals surface area contributed by atoms with Crippen molar-refractivity contribution in [1.82, 2.24) is 0 Å². The molecule has 0 aromatic carbocycles. The zero-order chi connectivity index (χ0) is 14.9. The molecule has 0 radical (unpaired) electrons. The molecule has 0 saturated heterocycles. The van der Waals surface area contributed by atoms with Crippen molar-refractivity contribution >= 4 is 18.2 Å². The van der Waals surface area contributed by atoms with Gasteiger partial charge in [-0.2, -0.15) is 0 Å². The average molecular weight is 268 g/mol. The summed E-state index contributed by atoms with van der Waals surface area (Å²) >= 11 is 0. The number of hydrogen-bond donors (Lipinski definition) is 6. The lowest BCUT2D eigenvalue weighted by Gasteiger charge is -2.21. The minimum atomic E-state index is -1.65. The van der Waals surface area contributed by atoms with E-state index in [-0.39, 0.29) is 6.29 Å². The fraction of sp³-hybridized carbons (Fsp3) is 0.667. The average Bonchev–Trinajstić information content (AvgIpc) is 2.24. The molecule has 0 bridgehead atoms. The van der Waals surface area contributed by atoms with E-state index in [1.807, 2.05) is 0 Å². The molecule has 9 nitrogen and oxygen atoms in total. The van der Waals surface area contributed by atoms with Gasteiger partial charge in [-0.1, -0.05) is 0 Å². The van der Waals surface area contributed by atoms with Crippen LogP contribution in [0.2, 0.25) is 0 Å². The van der Waals surface area contributed by atoms with Gasteiger partial charge in [0.25, 0.3) is 0 Å². The van der Waals surface area contributed by atoms with Crippen molar-refractivity contribution in [1.29, 1.82) is 0 Å². The summed E-state index contributed by atoms with van der Waals surface area (Å²) in [4.78, 5) is 28.7. The largest absolute Gasteiger partial charge is 0.481 e. The first-order valence-electron chi connectivity index (χ1n) is 4.74. The van der Waals surface area contributed by atoms with Crippen LogP contribution < -0.4 is 0 Å². The first kappa shape index (κ1) is 18.8. The standard InChI is InChI=1S/C6H12O5.C3H4O4/c1-3(8)5(10)6(11)4(9)2-7;4-2(5)1-3(6)7/h2-6,8-11H,1H3;1H2,(H,4,5)(H,6,7)/t3-,4-,5-,6-;/m0./s1. The number of aldehydes is 1. The van der Waals surface area contributed by atoms with Gasteiger partial charge in [-0.3, -0.25) is 9.59 Å². The van der Waals surface area contributed by atoms with E-state index in [0.29, 0.717) is 0 Å². The van der Waals surface area contributed by atoms with E-state index in [0.717, 1.165) is 0 Å². The number of hydrogen-bond acceptors (Lipinski definition) is 7. The Balaban J connectivity index is 0. The van der Waals surface area contributed by atoms with Crippen LogP contribution in [0, 0.1) is 0 Å². The molecular formula is C9H16O9. The van der Waals surface area contributed by atoms with Gasteiger partial charge < -0.3 is 35.4 Å². The maximum Gasteiger partial charge on any atom is 0.314 e. The number of rotatable bonds is 6. The van der Waals surface area contributed by atoms with Crippen molar-refractivity contribution in [3.05, 3.63) is 0 Å². The molecule has 0 aromatic rings. The highest BCUT2D eigenvalue weighted by atomic mass is 16.4. The summed E-state index contributed by atoms with van der Waals surface area (Å²) < 4.78 is 0. The molecule has 0 fully saturated rings. The van der Waals surface area contributed by atoms with Gasteiger partial charge in [0.1, 0.15) is 24.7 Å². The molecule has 9 heteroatoms. The Kier molecular flexibility index (Phi) is 9.90. The van der Waals surface area contributed by atoms with Gasteiger partial charge in [0, 0.05) is 0 Å². The topological polar surface area (TPSA) is 173 Å². The molecule has 0 aliphatic heterocycles. The Morgan fingerprint density at radius 1 is 1.00 bits per heavy atom. The van der Waals surface area contributed by atoms with Crippen molar-refractivity contribution in [2.75, 3.05) is 0 Å². The van der Waals surface area contributed by atoms with E-state index < -0.39 is 42.8 Å². The highest BCUT2D eigenvalue weighted by molar-refractivity contribution is 5.88. The number of carboxylic acid groups (broad SMARTS) is 2. The SMILES string of the molecule is C[C@H](O)[C@H](O)[C@@H](O)[C@@H](O)C=O.O=C(O)CC(=O)O. The van der Waals surface area contributed by atoms with E-state index >= 15 is 0 Å². The smallest absolute Gasteiger partial charge is 0.314 e. The Morgan fingerprint density at radius 3 is 1.56 bits per heavy atom. The molecule has 4 atom stereocenters. The summed E-state index contributed by atoms with van der Waals surface area (Å²) in [5, 5.41) is 50.5. The lowest BCUT2D eigenvalue weighted by molar-refractivity contribution is -0.147. The summed E-state index contributed by atoms with van der Waals surface area (Å²) in [5.41, 5.74) is 0. The Morgan fingerprint density at radius 2 is 1.39 bits per heavy atom. The Hall–Kier alpha value is -1.55. The van der Waals surface area contributed by atoms with Crippen LogP contribution >= 0.6 is 0 Å². The van der Waals surface area contributed by atoms with E-state index in [1.165, 1.54) is 6.92 Å². The number of carboxylic acids is 2. The molecule has 0 aromatic heterocycles. The van der Waals surface area contributed by atoms with Crippen molar-refractivity contribution < 1.29 is 45.0 Å². The number of aliphatic hydroxyl groups excluding tert-OH is 4. The van der Waals surface area contributed by atoms with Crippen LogP contribution in [0.25, 0.3) is 0 Å². The van der Waals surface area contributed by atoms with Gasteiger partial charge >= 0.3 is 11.9 Å². The van der Waals surface area contributed by atoms with Crippen LogP contribution in [-0.4, -0.2) is 73.3 Å². The van der Waals surface area contributed by atoms with Gasteiger partial charge in [-0.05, 0) is 6.92 Å². The molecule has 0 aliphatic carbocycles. The van der Waals surface area contributed by atoms with Crippen molar-refractivity contribution in [3.8, 4) is 0 Å². The van der Waals surface area contributed by atoms with E-state index in [4.69, 9.17) is 30.6 Å². The number of aliphatic carboxylic acids is 2. The molecule has 0 saturated carbocycles. The minimum Gasteiger partial charge on any atom is -0.481 e. The first-order valence-corrected chi connectivity index (χ1v) is 4.74. The zero-order valence-corrected chi connectivity index (χ0v) is 9.50. The molecule has 106 valence electrons. The van der Waals surface area contributed by atoms with E-state index in [2.05, 4.69) is 0 Å². The second-order valence-electron chi connectivity index (χ2n) is 3.31. The van der Waals surface area contributed by atoms with Crippen LogP contribution in [0.1, 0.15) is 13.3 Å². The third kappa shape index (κ3) is 9.66. The normalized spacial score (nSPS) is 16.5. The monoisotopic (exact) mass is 268 g/mol. The first-order chi connectivity index (χ1) is 8.13. The van der Waals surface area contributed by atoms with Crippen LogP contribution in [0.4, 0.5) is 0 Å². The predicted molar refractivity (Wildman–Crippen MR) is 55.7 cm³/mol. The molecule has 0 spiro atoms. The third-order valence-corrected chi connectivity index (χ3v) is 1.64. The maximum atomic E-state index is 9.87. The molecular weight excluding hydrogens is 252 g/mol. The highest BCUT2D eigenvalue weighted by Gasteiger charge is 2.27. The second kappa shape index (κ2) is 9.48. The predicted octanol–water partition coefficient (Wildman–Crippen LogP) is -2.81. The maximum absolute atomic E-state index is 9.87. The van der Waals surface area contributed by atoms with Crippen LogP contribution in [0.5, 0.6) is 0 Å². The quantitative estimate of drug-likeness (QED) is 0.219. The van der Waals surface area contributed by atoms with E-state index in [1.54, 1.807) is 0 Å². The molecule has 18 heavy (non-hydrogen) atoms. The fourth-order valence-electron chi connectivity index (χ4n) is 0.697. The van der Waals surface area contributed by atoms with Crippen LogP contribution in [-0.2, 0) is 14.4 Å². The van der Waals surface area contributed by atoms with Crippen molar-refractivity contribution in [2.24, 2.45) is 0 Å². The minimum absolute atomic E-state index is 0.0935. The second-order valence-corrected chi connectivity index (χ2v) is 3.31. The van der Waals surface area contributed by atoms with Gasteiger partial charge in [0.05, 0.1) is 6.10 Å². The summed E-state index contributed by atoms with van der Waals surface area (Å²) in [6.45, 7) is 1.24. The number of aliphatic hydroxyl groups is 4. The third-order valence-electron chi connectivity index (χ3n) is 1.64. The number of carbonyl (C=O) groups is 3. The molecule has 6 N–H and O–H groups in total.